The Hall–Kier alpha value is -1.36. The molecule has 1 N–H and O–H groups in total. The quantitative estimate of drug-likeness (QED) is 0.818. The molecule has 0 saturated heterocycles. The zero-order valence-electron chi connectivity index (χ0n) is 12.3. The van der Waals surface area contributed by atoms with E-state index in [1.165, 1.54) is 12.8 Å². The lowest BCUT2D eigenvalue weighted by molar-refractivity contribution is 0.232. The number of rotatable bonds is 7. The highest BCUT2D eigenvalue weighted by molar-refractivity contribution is 5.27. The molecular weight excluding hydrogens is 240 g/mol. The summed E-state index contributed by atoms with van der Waals surface area (Å²) in [5, 5.41) is 3.28. The molecule has 0 spiro atoms. The van der Waals surface area contributed by atoms with Crippen molar-refractivity contribution < 1.29 is 4.74 Å². The number of anilines is 1. The van der Waals surface area contributed by atoms with Gasteiger partial charge < -0.3 is 10.1 Å². The number of likely N-dealkylation sites (N-methyl/N-ethyl adjacent to an activating group) is 1. The zero-order chi connectivity index (χ0) is 13.8. The van der Waals surface area contributed by atoms with Gasteiger partial charge in [0.25, 0.3) is 0 Å². The van der Waals surface area contributed by atoms with Crippen LogP contribution in [0.25, 0.3) is 0 Å². The molecule has 1 aliphatic carbocycles. The van der Waals surface area contributed by atoms with Crippen molar-refractivity contribution in [1.82, 2.24) is 14.9 Å². The first kappa shape index (κ1) is 14.1. The second-order valence-electron chi connectivity index (χ2n) is 5.51. The molecule has 106 valence electrons. The Kier molecular flexibility index (Phi) is 4.58. The summed E-state index contributed by atoms with van der Waals surface area (Å²) in [6.45, 7) is 7.04. The molecule has 1 aromatic heterocycles. The number of nitrogens with one attached hydrogen (secondary N) is 1. The van der Waals surface area contributed by atoms with Crippen LogP contribution in [0.1, 0.15) is 33.6 Å². The second kappa shape index (κ2) is 6.19. The van der Waals surface area contributed by atoms with Crippen molar-refractivity contribution >= 4 is 5.95 Å². The molecule has 5 nitrogen and oxygen atoms in total. The zero-order valence-corrected chi connectivity index (χ0v) is 12.3. The topological polar surface area (TPSA) is 50.3 Å². The van der Waals surface area contributed by atoms with E-state index in [-0.39, 0.29) is 6.10 Å². The standard InChI is InChI=1S/C14H24N4O/c1-10(2)19-13-7-8-15-14(17-13)16-9-11(3)18(4)12-5-6-12/h7-8,10-12H,5-6,9H2,1-4H3,(H,15,16,17). The van der Waals surface area contributed by atoms with Crippen LogP contribution in [-0.2, 0) is 0 Å². The lowest BCUT2D eigenvalue weighted by atomic mass is 10.3. The molecule has 1 aliphatic rings. The molecule has 1 saturated carbocycles. The monoisotopic (exact) mass is 264 g/mol. The fourth-order valence-electron chi connectivity index (χ4n) is 1.96. The van der Waals surface area contributed by atoms with Crippen molar-refractivity contribution in [3.8, 4) is 5.88 Å². The Morgan fingerprint density at radius 2 is 2.16 bits per heavy atom. The Morgan fingerprint density at radius 3 is 2.79 bits per heavy atom. The van der Waals surface area contributed by atoms with E-state index < -0.39 is 0 Å². The number of aromatic nitrogens is 2. The highest BCUT2D eigenvalue weighted by Crippen LogP contribution is 2.26. The summed E-state index contributed by atoms with van der Waals surface area (Å²) in [6, 6.07) is 3.03. The van der Waals surface area contributed by atoms with Gasteiger partial charge in [-0.1, -0.05) is 0 Å². The molecular formula is C14H24N4O. The Morgan fingerprint density at radius 1 is 1.42 bits per heavy atom. The third kappa shape index (κ3) is 4.35. The van der Waals surface area contributed by atoms with Crippen molar-refractivity contribution in [2.24, 2.45) is 0 Å². The first-order valence-electron chi connectivity index (χ1n) is 7.01. The van der Waals surface area contributed by atoms with E-state index >= 15 is 0 Å². The van der Waals surface area contributed by atoms with Gasteiger partial charge in [0, 0.05) is 30.9 Å². The number of ether oxygens (including phenoxy) is 1. The molecule has 19 heavy (non-hydrogen) atoms. The van der Waals surface area contributed by atoms with Gasteiger partial charge in [0.05, 0.1) is 6.10 Å². The maximum atomic E-state index is 5.56. The third-order valence-corrected chi connectivity index (χ3v) is 3.36. The summed E-state index contributed by atoms with van der Waals surface area (Å²) in [4.78, 5) is 11.0. The average Bonchev–Trinajstić information content (AvgIpc) is 3.19. The minimum atomic E-state index is 0.127. The molecule has 0 bridgehead atoms. The van der Waals surface area contributed by atoms with E-state index in [0.717, 1.165) is 12.6 Å². The van der Waals surface area contributed by atoms with Crippen LogP contribution in [-0.4, -0.2) is 46.6 Å². The maximum absolute atomic E-state index is 5.56. The van der Waals surface area contributed by atoms with E-state index in [9.17, 15) is 0 Å². The highest BCUT2D eigenvalue weighted by atomic mass is 16.5. The van der Waals surface area contributed by atoms with E-state index in [2.05, 4.69) is 34.2 Å². The average molecular weight is 264 g/mol. The summed E-state index contributed by atoms with van der Waals surface area (Å²) in [5.41, 5.74) is 0. The largest absolute Gasteiger partial charge is 0.475 e. The molecule has 0 radical (unpaired) electrons. The van der Waals surface area contributed by atoms with E-state index in [0.29, 0.717) is 17.9 Å². The number of hydrogen-bond acceptors (Lipinski definition) is 5. The molecule has 0 aliphatic heterocycles. The van der Waals surface area contributed by atoms with Crippen LogP contribution in [0.4, 0.5) is 5.95 Å². The van der Waals surface area contributed by atoms with Crippen LogP contribution in [0.3, 0.4) is 0 Å². The molecule has 1 atom stereocenters. The fraction of sp³-hybridized carbons (Fsp3) is 0.714. The van der Waals surface area contributed by atoms with Crippen LogP contribution in [0.15, 0.2) is 12.3 Å². The van der Waals surface area contributed by atoms with E-state index in [4.69, 9.17) is 4.74 Å². The summed E-state index contributed by atoms with van der Waals surface area (Å²) >= 11 is 0. The van der Waals surface area contributed by atoms with Gasteiger partial charge in [-0.3, -0.25) is 4.90 Å². The SMILES string of the molecule is CC(C)Oc1ccnc(NCC(C)N(C)C2CC2)n1. The minimum Gasteiger partial charge on any atom is -0.475 e. The minimum absolute atomic E-state index is 0.127. The summed E-state index contributed by atoms with van der Waals surface area (Å²) in [6.07, 6.45) is 4.51. The molecule has 1 unspecified atom stereocenters. The van der Waals surface area contributed by atoms with Crippen molar-refractivity contribution in [2.45, 2.75) is 51.8 Å². The van der Waals surface area contributed by atoms with Gasteiger partial charge in [0.15, 0.2) is 0 Å². The number of hydrogen-bond donors (Lipinski definition) is 1. The van der Waals surface area contributed by atoms with E-state index in [1.54, 1.807) is 12.3 Å². The smallest absolute Gasteiger partial charge is 0.225 e. The molecule has 1 heterocycles. The van der Waals surface area contributed by atoms with Gasteiger partial charge in [-0.25, -0.2) is 4.98 Å². The molecule has 5 heteroatoms. The lowest BCUT2D eigenvalue weighted by Crippen LogP contribution is -2.36. The fourth-order valence-corrected chi connectivity index (χ4v) is 1.96. The van der Waals surface area contributed by atoms with Gasteiger partial charge in [-0.2, -0.15) is 4.98 Å². The molecule has 0 amide bonds. The Bertz CT molecular complexity index is 406. The van der Waals surface area contributed by atoms with Crippen LogP contribution in [0.5, 0.6) is 5.88 Å². The third-order valence-electron chi connectivity index (χ3n) is 3.36. The first-order chi connectivity index (χ1) is 9.06. The van der Waals surface area contributed by atoms with Crippen LogP contribution >= 0.6 is 0 Å². The molecule has 2 rings (SSSR count). The van der Waals surface area contributed by atoms with Crippen LogP contribution in [0, 0.1) is 0 Å². The maximum Gasteiger partial charge on any atom is 0.225 e. The highest BCUT2D eigenvalue weighted by Gasteiger charge is 2.28. The van der Waals surface area contributed by atoms with Crippen molar-refractivity contribution in [2.75, 3.05) is 18.9 Å². The summed E-state index contributed by atoms with van der Waals surface area (Å²) in [7, 11) is 2.18. The molecule has 1 fully saturated rings. The Labute approximate surface area is 115 Å². The van der Waals surface area contributed by atoms with E-state index in [1.807, 2.05) is 13.8 Å². The normalized spacial score (nSPS) is 16.7. The number of nitrogens with zero attached hydrogens (tertiary/aromatic N) is 3. The van der Waals surface area contributed by atoms with Crippen LogP contribution in [0.2, 0.25) is 0 Å². The first-order valence-corrected chi connectivity index (χ1v) is 7.01. The summed E-state index contributed by atoms with van der Waals surface area (Å²) in [5.74, 6) is 1.25. The van der Waals surface area contributed by atoms with Gasteiger partial charge in [0.1, 0.15) is 0 Å². The van der Waals surface area contributed by atoms with Crippen molar-refractivity contribution in [3.63, 3.8) is 0 Å². The predicted octanol–water partition coefficient (Wildman–Crippen LogP) is 2.16. The molecule has 1 aromatic rings. The predicted molar refractivity (Wildman–Crippen MR) is 76.5 cm³/mol. The van der Waals surface area contributed by atoms with Gasteiger partial charge in [-0.15, -0.1) is 0 Å². The molecule has 0 aromatic carbocycles. The lowest BCUT2D eigenvalue weighted by Gasteiger charge is -2.24. The second-order valence-corrected chi connectivity index (χ2v) is 5.51. The van der Waals surface area contributed by atoms with Crippen molar-refractivity contribution in [1.29, 1.82) is 0 Å². The van der Waals surface area contributed by atoms with Gasteiger partial charge in [0.2, 0.25) is 11.8 Å². The summed E-state index contributed by atoms with van der Waals surface area (Å²) < 4.78 is 5.56. The van der Waals surface area contributed by atoms with Gasteiger partial charge in [-0.05, 0) is 40.7 Å². The Balaban J connectivity index is 1.84. The van der Waals surface area contributed by atoms with Crippen molar-refractivity contribution in [3.05, 3.63) is 12.3 Å². The van der Waals surface area contributed by atoms with Crippen LogP contribution < -0.4 is 10.1 Å². The van der Waals surface area contributed by atoms with Gasteiger partial charge >= 0.3 is 0 Å².